The highest BCUT2D eigenvalue weighted by molar-refractivity contribution is 5.98. The van der Waals surface area contributed by atoms with Crippen LogP contribution in [0.1, 0.15) is 40.9 Å². The Bertz CT molecular complexity index is 1010. The van der Waals surface area contributed by atoms with Crippen LogP contribution in [-0.2, 0) is 16.1 Å². The summed E-state index contributed by atoms with van der Waals surface area (Å²) in [5, 5.41) is 3.03. The number of methoxy groups -OCH3 is 1. The zero-order chi connectivity index (χ0) is 23.9. The van der Waals surface area contributed by atoms with E-state index in [0.29, 0.717) is 36.8 Å². The number of ether oxygens (including phenoxy) is 3. The number of amides is 2. The van der Waals surface area contributed by atoms with Gasteiger partial charge in [-0.05, 0) is 36.2 Å². The summed E-state index contributed by atoms with van der Waals surface area (Å²) >= 11 is 0. The first-order valence-corrected chi connectivity index (χ1v) is 11.9. The summed E-state index contributed by atoms with van der Waals surface area (Å²) in [6.45, 7) is 7.46. The van der Waals surface area contributed by atoms with Crippen LogP contribution < -0.4 is 14.8 Å². The van der Waals surface area contributed by atoms with Crippen molar-refractivity contribution in [1.29, 1.82) is 0 Å². The van der Waals surface area contributed by atoms with E-state index in [2.05, 4.69) is 10.2 Å². The van der Waals surface area contributed by atoms with Gasteiger partial charge in [0.25, 0.3) is 5.91 Å². The van der Waals surface area contributed by atoms with Gasteiger partial charge in [-0.1, -0.05) is 24.3 Å². The molecule has 8 nitrogen and oxygen atoms in total. The van der Waals surface area contributed by atoms with E-state index >= 15 is 0 Å². The fourth-order valence-corrected chi connectivity index (χ4v) is 4.53. The molecule has 1 atom stereocenters. The van der Waals surface area contributed by atoms with E-state index in [-0.39, 0.29) is 18.2 Å². The highest BCUT2D eigenvalue weighted by Gasteiger charge is 2.34. The number of carbonyl (C=O) groups excluding carboxylic acids is 2. The summed E-state index contributed by atoms with van der Waals surface area (Å²) < 4.78 is 16.6. The van der Waals surface area contributed by atoms with Crippen molar-refractivity contribution in [2.75, 3.05) is 53.1 Å². The summed E-state index contributed by atoms with van der Waals surface area (Å²) in [4.78, 5) is 30.3. The first-order valence-electron chi connectivity index (χ1n) is 11.9. The predicted octanol–water partition coefficient (Wildman–Crippen LogP) is 2.63. The van der Waals surface area contributed by atoms with Crippen molar-refractivity contribution in [2.24, 2.45) is 0 Å². The number of hydrogen-bond donors (Lipinski definition) is 1. The first-order chi connectivity index (χ1) is 16.6. The van der Waals surface area contributed by atoms with Crippen LogP contribution >= 0.6 is 0 Å². The highest BCUT2D eigenvalue weighted by atomic mass is 16.5. The molecular formula is C26H33N3O5. The minimum Gasteiger partial charge on any atom is -0.493 e. The van der Waals surface area contributed by atoms with Crippen molar-refractivity contribution in [3.63, 3.8) is 0 Å². The third-order valence-electron chi connectivity index (χ3n) is 6.33. The standard InChI is InChI=1S/C26H33N3O5/c1-3-34-23-9-8-19(16-24(23)32-2)22(29-18-20-6-4-5-7-21(20)26(29)31)17-25(30)27-10-11-28-12-14-33-15-13-28/h4-9,16,22H,3,10-15,17-18H2,1-2H3,(H,27,30)/t22-/m0/s1. The zero-order valence-corrected chi connectivity index (χ0v) is 19.9. The molecule has 0 saturated carbocycles. The molecule has 0 bridgehead atoms. The number of rotatable bonds is 10. The molecule has 4 rings (SSSR count). The third kappa shape index (κ3) is 5.51. The molecule has 2 aromatic rings. The van der Waals surface area contributed by atoms with Crippen LogP contribution in [0, 0.1) is 0 Å². The van der Waals surface area contributed by atoms with E-state index in [1.165, 1.54) is 0 Å². The maximum atomic E-state index is 13.3. The quantitative estimate of drug-likeness (QED) is 0.579. The topological polar surface area (TPSA) is 80.3 Å². The van der Waals surface area contributed by atoms with Crippen LogP contribution in [0.5, 0.6) is 11.5 Å². The van der Waals surface area contributed by atoms with Crippen molar-refractivity contribution in [3.8, 4) is 11.5 Å². The second-order valence-corrected chi connectivity index (χ2v) is 8.46. The van der Waals surface area contributed by atoms with Crippen LogP contribution in [0.3, 0.4) is 0 Å². The Morgan fingerprint density at radius 2 is 1.94 bits per heavy atom. The minimum absolute atomic E-state index is 0.0606. The molecule has 0 aliphatic carbocycles. The van der Waals surface area contributed by atoms with E-state index in [9.17, 15) is 9.59 Å². The average Bonchev–Trinajstić information content (AvgIpc) is 3.20. The molecule has 0 radical (unpaired) electrons. The Morgan fingerprint density at radius 3 is 2.68 bits per heavy atom. The zero-order valence-electron chi connectivity index (χ0n) is 19.9. The van der Waals surface area contributed by atoms with E-state index in [4.69, 9.17) is 14.2 Å². The second kappa shape index (κ2) is 11.4. The Labute approximate surface area is 200 Å². The third-order valence-corrected chi connectivity index (χ3v) is 6.33. The summed E-state index contributed by atoms with van der Waals surface area (Å²) in [5.74, 6) is 1.07. The van der Waals surface area contributed by atoms with Gasteiger partial charge in [0.1, 0.15) is 0 Å². The van der Waals surface area contributed by atoms with Gasteiger partial charge in [-0.3, -0.25) is 14.5 Å². The van der Waals surface area contributed by atoms with Crippen molar-refractivity contribution in [2.45, 2.75) is 25.9 Å². The number of benzene rings is 2. The molecule has 2 aromatic carbocycles. The van der Waals surface area contributed by atoms with Crippen LogP contribution in [0.4, 0.5) is 0 Å². The van der Waals surface area contributed by atoms with Gasteiger partial charge in [-0.2, -0.15) is 0 Å². The molecule has 2 aliphatic heterocycles. The van der Waals surface area contributed by atoms with Gasteiger partial charge in [-0.25, -0.2) is 0 Å². The fraction of sp³-hybridized carbons (Fsp3) is 0.462. The molecule has 182 valence electrons. The lowest BCUT2D eigenvalue weighted by molar-refractivity contribution is -0.122. The molecule has 2 heterocycles. The van der Waals surface area contributed by atoms with E-state index in [1.807, 2.05) is 49.4 Å². The number of fused-ring (bicyclic) bond motifs is 1. The van der Waals surface area contributed by atoms with Crippen LogP contribution in [0.15, 0.2) is 42.5 Å². The van der Waals surface area contributed by atoms with Crippen LogP contribution in [0.2, 0.25) is 0 Å². The normalized spacial score (nSPS) is 16.8. The van der Waals surface area contributed by atoms with Gasteiger partial charge in [0.2, 0.25) is 5.91 Å². The number of nitrogens with one attached hydrogen (secondary N) is 1. The molecular weight excluding hydrogens is 434 g/mol. The number of nitrogens with zero attached hydrogens (tertiary/aromatic N) is 2. The van der Waals surface area contributed by atoms with Crippen molar-refractivity contribution in [3.05, 3.63) is 59.2 Å². The predicted molar refractivity (Wildman–Crippen MR) is 128 cm³/mol. The maximum absolute atomic E-state index is 13.3. The van der Waals surface area contributed by atoms with E-state index < -0.39 is 6.04 Å². The molecule has 2 amide bonds. The number of carbonyl (C=O) groups is 2. The van der Waals surface area contributed by atoms with Gasteiger partial charge in [0.15, 0.2) is 11.5 Å². The Morgan fingerprint density at radius 1 is 1.15 bits per heavy atom. The lowest BCUT2D eigenvalue weighted by Crippen LogP contribution is -2.42. The lowest BCUT2D eigenvalue weighted by Gasteiger charge is -2.29. The van der Waals surface area contributed by atoms with Gasteiger partial charge in [-0.15, -0.1) is 0 Å². The van der Waals surface area contributed by atoms with Crippen molar-refractivity contribution >= 4 is 11.8 Å². The Hall–Kier alpha value is -3.10. The minimum atomic E-state index is -0.423. The van der Waals surface area contributed by atoms with Crippen molar-refractivity contribution in [1.82, 2.24) is 15.1 Å². The molecule has 1 N–H and O–H groups in total. The second-order valence-electron chi connectivity index (χ2n) is 8.46. The number of hydrogen-bond acceptors (Lipinski definition) is 6. The maximum Gasteiger partial charge on any atom is 0.255 e. The summed E-state index contributed by atoms with van der Waals surface area (Å²) in [6.07, 6.45) is 0.167. The molecule has 1 fully saturated rings. The summed E-state index contributed by atoms with van der Waals surface area (Å²) in [5.41, 5.74) is 2.51. The first kappa shape index (κ1) is 24.0. The smallest absolute Gasteiger partial charge is 0.255 e. The molecule has 0 aromatic heterocycles. The average molecular weight is 468 g/mol. The fourth-order valence-electron chi connectivity index (χ4n) is 4.53. The Kier molecular flexibility index (Phi) is 8.03. The molecule has 0 spiro atoms. The monoisotopic (exact) mass is 467 g/mol. The van der Waals surface area contributed by atoms with E-state index in [1.54, 1.807) is 12.0 Å². The Balaban J connectivity index is 1.51. The van der Waals surface area contributed by atoms with Gasteiger partial charge >= 0.3 is 0 Å². The lowest BCUT2D eigenvalue weighted by atomic mass is 10.0. The summed E-state index contributed by atoms with van der Waals surface area (Å²) in [7, 11) is 1.59. The van der Waals surface area contributed by atoms with Gasteiger partial charge < -0.3 is 24.4 Å². The van der Waals surface area contributed by atoms with Crippen molar-refractivity contribution < 1.29 is 23.8 Å². The highest BCUT2D eigenvalue weighted by Crippen LogP contribution is 2.37. The summed E-state index contributed by atoms with van der Waals surface area (Å²) in [6, 6.07) is 12.8. The molecule has 0 unspecified atom stereocenters. The van der Waals surface area contributed by atoms with Gasteiger partial charge in [0, 0.05) is 38.3 Å². The van der Waals surface area contributed by atoms with Crippen LogP contribution in [-0.4, -0.2) is 74.7 Å². The largest absolute Gasteiger partial charge is 0.493 e. The molecule has 1 saturated heterocycles. The van der Waals surface area contributed by atoms with Crippen LogP contribution in [0.25, 0.3) is 0 Å². The molecule has 34 heavy (non-hydrogen) atoms. The molecule has 2 aliphatic rings. The molecule has 8 heteroatoms. The number of morpholine rings is 1. The van der Waals surface area contributed by atoms with E-state index in [0.717, 1.165) is 44.0 Å². The van der Waals surface area contributed by atoms with Gasteiger partial charge in [0.05, 0.1) is 39.4 Å². The SMILES string of the molecule is CCOc1ccc([C@H](CC(=O)NCCN2CCOCC2)N2Cc3ccccc3C2=O)cc1OC.